The maximum atomic E-state index is 12.3. The second kappa shape index (κ2) is 4.90. The van der Waals surface area contributed by atoms with Gasteiger partial charge in [-0.2, -0.15) is 13.2 Å². The summed E-state index contributed by atoms with van der Waals surface area (Å²) in [6, 6.07) is 3.00. The van der Waals surface area contributed by atoms with E-state index in [0.717, 1.165) is 12.1 Å². The van der Waals surface area contributed by atoms with Gasteiger partial charge >= 0.3 is 6.18 Å². The number of nitrogen functional groups attached to an aromatic ring is 1. The maximum Gasteiger partial charge on any atom is 0.416 e. The minimum absolute atomic E-state index is 0.0136. The standard InChI is InChI=1S/C11H10F3NO/c12-11(13,14)9-5-4-8(10(15)7-9)3-1-2-6-16/h4-5,7,16H,2,6,15H2. The van der Waals surface area contributed by atoms with Gasteiger partial charge in [0, 0.05) is 17.7 Å². The van der Waals surface area contributed by atoms with Crippen LogP contribution in [0.25, 0.3) is 0 Å². The first-order valence-electron chi connectivity index (χ1n) is 4.51. The Bertz CT molecular complexity index is 429. The molecule has 0 aromatic heterocycles. The largest absolute Gasteiger partial charge is 0.416 e. The number of aliphatic hydroxyl groups is 1. The van der Waals surface area contributed by atoms with Crippen LogP contribution in [0, 0.1) is 11.8 Å². The molecule has 0 aliphatic heterocycles. The predicted molar refractivity (Wildman–Crippen MR) is 54.4 cm³/mol. The van der Waals surface area contributed by atoms with Gasteiger partial charge in [-0.3, -0.25) is 0 Å². The molecule has 0 spiro atoms. The molecular formula is C11H10F3NO. The Balaban J connectivity index is 2.98. The van der Waals surface area contributed by atoms with Crippen molar-refractivity contribution >= 4 is 5.69 Å². The predicted octanol–water partition coefficient (Wildman–Crippen LogP) is 2.02. The van der Waals surface area contributed by atoms with E-state index in [4.69, 9.17) is 10.8 Å². The average Bonchev–Trinajstić information content (AvgIpc) is 2.19. The van der Waals surface area contributed by atoms with Crippen molar-refractivity contribution in [3.05, 3.63) is 29.3 Å². The molecule has 1 aromatic rings. The molecule has 0 amide bonds. The summed E-state index contributed by atoms with van der Waals surface area (Å²) in [5.41, 5.74) is 4.96. The Morgan fingerprint density at radius 2 is 2.00 bits per heavy atom. The number of nitrogens with two attached hydrogens (primary N) is 1. The Morgan fingerprint density at radius 3 is 2.50 bits per heavy atom. The maximum absolute atomic E-state index is 12.3. The van der Waals surface area contributed by atoms with Gasteiger partial charge in [-0.1, -0.05) is 11.8 Å². The van der Waals surface area contributed by atoms with Gasteiger partial charge in [0.1, 0.15) is 0 Å². The van der Waals surface area contributed by atoms with Crippen LogP contribution in [0.5, 0.6) is 0 Å². The van der Waals surface area contributed by atoms with Crippen molar-refractivity contribution in [3.63, 3.8) is 0 Å². The van der Waals surface area contributed by atoms with Gasteiger partial charge < -0.3 is 10.8 Å². The quantitative estimate of drug-likeness (QED) is 0.571. The van der Waals surface area contributed by atoms with Crippen LogP contribution in [0.1, 0.15) is 17.5 Å². The topological polar surface area (TPSA) is 46.2 Å². The highest BCUT2D eigenvalue weighted by molar-refractivity contribution is 5.57. The van der Waals surface area contributed by atoms with Gasteiger partial charge in [0.15, 0.2) is 0 Å². The fourth-order valence-electron chi connectivity index (χ4n) is 1.07. The van der Waals surface area contributed by atoms with Crippen LogP contribution in [0.2, 0.25) is 0 Å². The zero-order valence-electron chi connectivity index (χ0n) is 8.30. The molecule has 5 heteroatoms. The third-order valence-corrected chi connectivity index (χ3v) is 1.84. The van der Waals surface area contributed by atoms with Crippen LogP contribution in [-0.4, -0.2) is 11.7 Å². The van der Waals surface area contributed by atoms with E-state index >= 15 is 0 Å². The lowest BCUT2D eigenvalue weighted by Gasteiger charge is -2.07. The van der Waals surface area contributed by atoms with E-state index in [1.807, 2.05) is 0 Å². The van der Waals surface area contributed by atoms with Crippen LogP contribution >= 0.6 is 0 Å². The fraction of sp³-hybridized carbons (Fsp3) is 0.273. The molecule has 86 valence electrons. The van der Waals surface area contributed by atoms with E-state index in [2.05, 4.69) is 11.8 Å². The number of alkyl halides is 3. The molecule has 0 aliphatic rings. The lowest BCUT2D eigenvalue weighted by molar-refractivity contribution is -0.137. The lowest BCUT2D eigenvalue weighted by Crippen LogP contribution is -2.06. The molecule has 0 unspecified atom stereocenters. The number of rotatable bonds is 1. The molecule has 16 heavy (non-hydrogen) atoms. The van der Waals surface area contributed by atoms with E-state index < -0.39 is 11.7 Å². The summed E-state index contributed by atoms with van der Waals surface area (Å²) in [6.07, 6.45) is -4.13. The minimum atomic E-state index is -4.40. The Hall–Kier alpha value is -1.67. The zero-order valence-corrected chi connectivity index (χ0v) is 8.30. The average molecular weight is 229 g/mol. The van der Waals surface area contributed by atoms with E-state index in [0.29, 0.717) is 5.56 Å². The molecule has 0 bridgehead atoms. The normalized spacial score (nSPS) is 10.8. The molecule has 3 N–H and O–H groups in total. The summed E-state index contributed by atoms with van der Waals surface area (Å²) in [5.74, 6) is 5.18. The SMILES string of the molecule is Nc1cc(C(F)(F)F)ccc1C#CCCO. The highest BCUT2D eigenvalue weighted by atomic mass is 19.4. The first-order chi connectivity index (χ1) is 7.45. The second-order valence-corrected chi connectivity index (χ2v) is 3.08. The Morgan fingerprint density at radius 1 is 1.31 bits per heavy atom. The van der Waals surface area contributed by atoms with Gasteiger partial charge in [0.25, 0.3) is 0 Å². The highest BCUT2D eigenvalue weighted by Gasteiger charge is 2.30. The Labute approximate surface area is 90.9 Å². The second-order valence-electron chi connectivity index (χ2n) is 3.08. The lowest BCUT2D eigenvalue weighted by atomic mass is 10.1. The number of aliphatic hydroxyl groups excluding tert-OH is 1. The van der Waals surface area contributed by atoms with Crippen molar-refractivity contribution in [2.24, 2.45) is 0 Å². The number of hydrogen-bond acceptors (Lipinski definition) is 2. The van der Waals surface area contributed by atoms with Crippen molar-refractivity contribution in [3.8, 4) is 11.8 Å². The molecule has 0 fully saturated rings. The third-order valence-electron chi connectivity index (χ3n) is 1.84. The molecule has 1 aromatic carbocycles. The third kappa shape index (κ3) is 3.17. The molecule has 0 heterocycles. The molecule has 0 aliphatic carbocycles. The van der Waals surface area contributed by atoms with Crippen LogP contribution in [-0.2, 0) is 6.18 Å². The molecule has 1 rings (SSSR count). The summed E-state index contributed by atoms with van der Waals surface area (Å²) < 4.78 is 36.8. The van der Waals surface area contributed by atoms with Gasteiger partial charge in [-0.15, -0.1) is 0 Å². The summed E-state index contributed by atoms with van der Waals surface area (Å²) in [5, 5.41) is 8.48. The number of benzene rings is 1. The molecular weight excluding hydrogens is 219 g/mol. The van der Waals surface area contributed by atoms with E-state index in [9.17, 15) is 13.2 Å². The van der Waals surface area contributed by atoms with Crippen molar-refractivity contribution < 1.29 is 18.3 Å². The van der Waals surface area contributed by atoms with Crippen molar-refractivity contribution in [1.29, 1.82) is 0 Å². The first kappa shape index (κ1) is 12.4. The Kier molecular flexibility index (Phi) is 3.80. The zero-order chi connectivity index (χ0) is 12.2. The van der Waals surface area contributed by atoms with Gasteiger partial charge in [-0.05, 0) is 18.2 Å². The van der Waals surface area contributed by atoms with Gasteiger partial charge in [-0.25, -0.2) is 0 Å². The van der Waals surface area contributed by atoms with Crippen LogP contribution < -0.4 is 5.73 Å². The van der Waals surface area contributed by atoms with E-state index in [1.165, 1.54) is 6.07 Å². The smallest absolute Gasteiger partial charge is 0.398 e. The number of halogens is 3. The molecule has 0 atom stereocenters. The van der Waals surface area contributed by atoms with E-state index in [-0.39, 0.29) is 18.7 Å². The van der Waals surface area contributed by atoms with Gasteiger partial charge in [0.05, 0.1) is 12.2 Å². The van der Waals surface area contributed by atoms with Gasteiger partial charge in [0.2, 0.25) is 0 Å². The minimum Gasteiger partial charge on any atom is -0.398 e. The van der Waals surface area contributed by atoms with Crippen molar-refractivity contribution in [2.45, 2.75) is 12.6 Å². The summed E-state index contributed by atoms with van der Waals surface area (Å²) >= 11 is 0. The molecule has 0 saturated carbocycles. The van der Waals surface area contributed by atoms with E-state index in [1.54, 1.807) is 0 Å². The number of anilines is 1. The highest BCUT2D eigenvalue weighted by Crippen LogP contribution is 2.31. The van der Waals surface area contributed by atoms with Crippen LogP contribution in [0.3, 0.4) is 0 Å². The first-order valence-corrected chi connectivity index (χ1v) is 4.51. The molecule has 2 nitrogen and oxygen atoms in total. The monoisotopic (exact) mass is 229 g/mol. The summed E-state index contributed by atoms with van der Waals surface area (Å²) in [4.78, 5) is 0. The van der Waals surface area contributed by atoms with Crippen molar-refractivity contribution in [2.75, 3.05) is 12.3 Å². The summed E-state index contributed by atoms with van der Waals surface area (Å²) in [7, 11) is 0. The molecule has 0 radical (unpaired) electrons. The molecule has 0 saturated heterocycles. The van der Waals surface area contributed by atoms with Crippen LogP contribution in [0.4, 0.5) is 18.9 Å². The van der Waals surface area contributed by atoms with Crippen molar-refractivity contribution in [1.82, 2.24) is 0 Å². The number of hydrogen-bond donors (Lipinski definition) is 2. The summed E-state index contributed by atoms with van der Waals surface area (Å²) in [6.45, 7) is -0.0897. The fourth-order valence-corrected chi connectivity index (χ4v) is 1.07. The van der Waals surface area contributed by atoms with Crippen LogP contribution in [0.15, 0.2) is 18.2 Å².